The molecule has 1 amide bonds. The SMILES string of the molecule is C=CC=C(SC)c1ccccc1C(=O)N1CC2CN(c3nc4ccccc4nc3C)CC2C1. The number of thioether (sulfide) groups is 1. The van der Waals surface area contributed by atoms with E-state index in [1.165, 1.54) is 0 Å². The quantitative estimate of drug-likeness (QED) is 0.504. The van der Waals surface area contributed by atoms with Crippen LogP contribution in [0.3, 0.4) is 0 Å². The van der Waals surface area contributed by atoms with Crippen molar-refractivity contribution in [1.82, 2.24) is 14.9 Å². The van der Waals surface area contributed by atoms with Gasteiger partial charge in [-0.05, 0) is 37.5 Å². The number of rotatable bonds is 5. The zero-order valence-electron chi connectivity index (χ0n) is 19.1. The molecule has 0 bridgehead atoms. The number of anilines is 1. The van der Waals surface area contributed by atoms with Gasteiger partial charge in [0.1, 0.15) is 0 Å². The molecule has 33 heavy (non-hydrogen) atoms. The van der Waals surface area contributed by atoms with Crippen molar-refractivity contribution >= 4 is 39.4 Å². The third-order valence-electron chi connectivity index (χ3n) is 6.70. The van der Waals surface area contributed by atoms with Gasteiger partial charge < -0.3 is 9.80 Å². The Hall–Kier alpha value is -3.12. The van der Waals surface area contributed by atoms with Gasteiger partial charge >= 0.3 is 0 Å². The lowest BCUT2D eigenvalue weighted by Gasteiger charge is -2.24. The van der Waals surface area contributed by atoms with Gasteiger partial charge in [-0.15, -0.1) is 11.8 Å². The molecule has 3 aromatic rings. The first-order chi connectivity index (χ1) is 16.1. The maximum Gasteiger partial charge on any atom is 0.254 e. The Morgan fingerprint density at radius 2 is 1.58 bits per heavy atom. The van der Waals surface area contributed by atoms with E-state index in [0.717, 1.165) is 64.8 Å². The monoisotopic (exact) mass is 456 g/mol. The van der Waals surface area contributed by atoms with Gasteiger partial charge in [0.05, 0.1) is 16.7 Å². The Bertz CT molecular complexity index is 1240. The van der Waals surface area contributed by atoms with Crippen molar-refractivity contribution in [3.8, 4) is 0 Å². The van der Waals surface area contributed by atoms with E-state index in [1.807, 2.05) is 72.7 Å². The third kappa shape index (κ3) is 4.04. The number of aryl methyl sites for hydroxylation is 1. The topological polar surface area (TPSA) is 49.3 Å². The van der Waals surface area contributed by atoms with Crippen molar-refractivity contribution in [2.24, 2.45) is 11.8 Å². The van der Waals surface area contributed by atoms with Crippen molar-refractivity contribution in [3.05, 3.63) is 84.1 Å². The molecule has 168 valence electrons. The van der Waals surface area contributed by atoms with Gasteiger partial charge in [0.25, 0.3) is 5.91 Å². The summed E-state index contributed by atoms with van der Waals surface area (Å²) >= 11 is 1.64. The highest BCUT2D eigenvalue weighted by Crippen LogP contribution is 2.36. The first-order valence-electron chi connectivity index (χ1n) is 11.3. The van der Waals surface area contributed by atoms with E-state index in [4.69, 9.17) is 9.97 Å². The van der Waals surface area contributed by atoms with Crippen LogP contribution in [-0.4, -0.2) is 53.2 Å². The van der Waals surface area contributed by atoms with Crippen LogP contribution in [0.1, 0.15) is 21.6 Å². The number of carbonyl (C=O) groups excluding carboxylic acids is 1. The summed E-state index contributed by atoms with van der Waals surface area (Å²) in [6.45, 7) is 9.26. The molecule has 5 nitrogen and oxygen atoms in total. The average Bonchev–Trinajstić information content (AvgIpc) is 3.41. The van der Waals surface area contributed by atoms with Crippen LogP contribution in [0.15, 0.2) is 67.3 Å². The van der Waals surface area contributed by atoms with E-state index in [-0.39, 0.29) is 5.91 Å². The Morgan fingerprint density at radius 1 is 0.970 bits per heavy atom. The van der Waals surface area contributed by atoms with E-state index >= 15 is 0 Å². The molecule has 0 aliphatic carbocycles. The second-order valence-electron chi connectivity index (χ2n) is 8.77. The van der Waals surface area contributed by atoms with E-state index < -0.39 is 0 Å². The summed E-state index contributed by atoms with van der Waals surface area (Å²) in [6, 6.07) is 15.9. The summed E-state index contributed by atoms with van der Waals surface area (Å²) in [5.74, 6) is 2.01. The second-order valence-corrected chi connectivity index (χ2v) is 9.62. The first kappa shape index (κ1) is 21.7. The summed E-state index contributed by atoms with van der Waals surface area (Å²) in [4.78, 5) is 28.6. The lowest BCUT2D eigenvalue weighted by molar-refractivity contribution is 0.0782. The summed E-state index contributed by atoms with van der Waals surface area (Å²) in [5.41, 5.74) is 4.59. The number of hydrogen-bond donors (Lipinski definition) is 0. The normalized spacial score (nSPS) is 20.4. The fourth-order valence-electron chi connectivity index (χ4n) is 5.14. The van der Waals surface area contributed by atoms with Gasteiger partial charge in [-0.1, -0.05) is 43.0 Å². The molecular formula is C27H28N4OS. The second kappa shape index (κ2) is 9.02. The lowest BCUT2D eigenvalue weighted by atomic mass is 10.0. The molecule has 2 fully saturated rings. The van der Waals surface area contributed by atoms with Crippen LogP contribution in [0.25, 0.3) is 15.9 Å². The Kier molecular flexibility index (Phi) is 5.94. The number of benzene rings is 2. The highest BCUT2D eigenvalue weighted by molar-refractivity contribution is 8.07. The number of nitrogens with zero attached hydrogens (tertiary/aromatic N) is 4. The molecule has 5 rings (SSSR count). The first-order valence-corrected chi connectivity index (χ1v) is 12.5. The molecule has 2 aliphatic rings. The van der Waals surface area contributed by atoms with E-state index in [0.29, 0.717) is 11.8 Å². The lowest BCUT2D eigenvalue weighted by Crippen LogP contribution is -2.34. The molecule has 0 spiro atoms. The Labute approximate surface area is 199 Å². The summed E-state index contributed by atoms with van der Waals surface area (Å²) in [5, 5.41) is 0. The van der Waals surface area contributed by atoms with E-state index in [2.05, 4.69) is 11.5 Å². The number of hydrogen-bond acceptors (Lipinski definition) is 5. The van der Waals surface area contributed by atoms with Crippen LogP contribution in [0.2, 0.25) is 0 Å². The molecule has 6 heteroatoms. The number of likely N-dealkylation sites (tertiary alicyclic amines) is 1. The molecule has 1 aromatic heterocycles. The van der Waals surface area contributed by atoms with Gasteiger partial charge in [-0.2, -0.15) is 0 Å². The molecule has 2 unspecified atom stereocenters. The molecule has 2 saturated heterocycles. The summed E-state index contributed by atoms with van der Waals surface area (Å²) in [7, 11) is 0. The van der Waals surface area contributed by atoms with Crippen molar-refractivity contribution in [1.29, 1.82) is 0 Å². The standard InChI is InChI=1S/C27H28N4OS/c1-4-9-25(33-3)21-10-5-6-11-22(21)27(32)31-16-19-14-30(15-20(19)17-31)26-18(2)28-23-12-7-8-13-24(23)29-26/h4-13,19-20H,1,14-17H2,2-3H3. The Balaban J connectivity index is 1.33. The van der Waals surface area contributed by atoms with Crippen molar-refractivity contribution in [3.63, 3.8) is 0 Å². The predicted octanol–water partition coefficient (Wildman–Crippen LogP) is 5.04. The fraction of sp³-hybridized carbons (Fsp3) is 0.296. The molecule has 3 heterocycles. The van der Waals surface area contributed by atoms with Crippen LogP contribution in [0.4, 0.5) is 5.82 Å². The molecule has 0 saturated carbocycles. The minimum atomic E-state index is 0.122. The van der Waals surface area contributed by atoms with Gasteiger partial charge in [0.2, 0.25) is 0 Å². The van der Waals surface area contributed by atoms with Crippen LogP contribution < -0.4 is 4.90 Å². The minimum absolute atomic E-state index is 0.122. The molecule has 0 N–H and O–H groups in total. The van der Waals surface area contributed by atoms with Crippen LogP contribution in [-0.2, 0) is 0 Å². The van der Waals surface area contributed by atoms with Crippen LogP contribution >= 0.6 is 11.8 Å². The van der Waals surface area contributed by atoms with Crippen molar-refractivity contribution in [2.45, 2.75) is 6.92 Å². The van der Waals surface area contributed by atoms with Crippen LogP contribution in [0.5, 0.6) is 0 Å². The molecule has 2 aliphatic heterocycles. The number of amides is 1. The van der Waals surface area contributed by atoms with Crippen LogP contribution in [0, 0.1) is 18.8 Å². The summed E-state index contributed by atoms with van der Waals surface area (Å²) < 4.78 is 0. The molecule has 2 aromatic carbocycles. The maximum atomic E-state index is 13.5. The van der Waals surface area contributed by atoms with Gasteiger partial charge in [-0.3, -0.25) is 4.79 Å². The minimum Gasteiger partial charge on any atom is -0.354 e. The third-order valence-corrected chi connectivity index (χ3v) is 7.50. The number of carbonyl (C=O) groups is 1. The Morgan fingerprint density at radius 3 is 2.21 bits per heavy atom. The number of fused-ring (bicyclic) bond motifs is 2. The smallest absolute Gasteiger partial charge is 0.254 e. The van der Waals surface area contributed by atoms with E-state index in [9.17, 15) is 4.79 Å². The average molecular weight is 457 g/mol. The fourth-order valence-corrected chi connectivity index (χ4v) is 5.77. The van der Waals surface area contributed by atoms with E-state index in [1.54, 1.807) is 17.8 Å². The predicted molar refractivity (Wildman–Crippen MR) is 138 cm³/mol. The number of para-hydroxylation sites is 2. The molecule has 2 atom stereocenters. The summed E-state index contributed by atoms with van der Waals surface area (Å²) in [6.07, 6.45) is 5.78. The van der Waals surface area contributed by atoms with Crippen molar-refractivity contribution in [2.75, 3.05) is 37.3 Å². The molecule has 0 radical (unpaired) electrons. The van der Waals surface area contributed by atoms with Gasteiger partial charge in [0.15, 0.2) is 5.82 Å². The highest BCUT2D eigenvalue weighted by Gasteiger charge is 2.42. The molecular weight excluding hydrogens is 428 g/mol. The highest BCUT2D eigenvalue weighted by atomic mass is 32.2. The van der Waals surface area contributed by atoms with Crippen molar-refractivity contribution < 1.29 is 4.79 Å². The van der Waals surface area contributed by atoms with Gasteiger partial charge in [0, 0.05) is 54.0 Å². The number of allylic oxidation sites excluding steroid dienone is 2. The van der Waals surface area contributed by atoms with Gasteiger partial charge in [-0.25, -0.2) is 9.97 Å². The zero-order chi connectivity index (χ0) is 22.9. The number of aromatic nitrogens is 2. The largest absolute Gasteiger partial charge is 0.354 e. The zero-order valence-corrected chi connectivity index (χ0v) is 19.9. The maximum absolute atomic E-state index is 13.5.